The molecule has 28 heavy (non-hydrogen) atoms. The van der Waals surface area contributed by atoms with E-state index in [1.807, 2.05) is 18.2 Å². The van der Waals surface area contributed by atoms with Crippen molar-refractivity contribution in [3.05, 3.63) is 59.7 Å². The van der Waals surface area contributed by atoms with E-state index in [1.165, 1.54) is 9.87 Å². The van der Waals surface area contributed by atoms with Crippen molar-refractivity contribution >= 4 is 16.7 Å². The molecule has 2 aliphatic heterocycles. The van der Waals surface area contributed by atoms with Crippen LogP contribution in [0, 0.1) is 5.92 Å². The number of rotatable bonds is 7. The average molecular weight is 403 g/mol. The minimum Gasteiger partial charge on any atom is -0.493 e. The van der Waals surface area contributed by atoms with Crippen LogP contribution in [0.5, 0.6) is 5.75 Å². The van der Waals surface area contributed by atoms with Crippen molar-refractivity contribution in [3.63, 3.8) is 0 Å². The number of hydrogen-bond donors (Lipinski definition) is 3. The molecule has 7 heteroatoms. The van der Waals surface area contributed by atoms with Crippen LogP contribution in [0.2, 0.25) is 0 Å². The lowest BCUT2D eigenvalue weighted by molar-refractivity contribution is 0.0861. The third-order valence-corrected chi connectivity index (χ3v) is 7.21. The molecule has 0 saturated carbocycles. The van der Waals surface area contributed by atoms with Gasteiger partial charge in [0.1, 0.15) is 5.75 Å². The summed E-state index contributed by atoms with van der Waals surface area (Å²) in [5.41, 5.74) is 1.66. The number of carbonyl (C=O) groups excluding carboxylic acids is 1. The molecule has 1 amide bonds. The van der Waals surface area contributed by atoms with Crippen molar-refractivity contribution in [2.45, 2.75) is 24.2 Å². The molecule has 2 aromatic rings. The summed E-state index contributed by atoms with van der Waals surface area (Å²) in [6, 6.07) is 14.9. The van der Waals surface area contributed by atoms with Gasteiger partial charge in [-0.25, -0.2) is 4.31 Å². The molecule has 3 N–H and O–H groups in total. The third kappa shape index (κ3) is 3.75. The topological polar surface area (TPSA) is 82.0 Å². The first-order chi connectivity index (χ1) is 13.6. The Morgan fingerprint density at radius 2 is 1.89 bits per heavy atom. The van der Waals surface area contributed by atoms with E-state index >= 15 is 0 Å². The molecular weight excluding hydrogens is 376 g/mol. The van der Waals surface area contributed by atoms with E-state index < -0.39 is 10.8 Å². The Hall–Kier alpha value is -2.06. The van der Waals surface area contributed by atoms with Gasteiger partial charge in [0.05, 0.1) is 17.1 Å². The molecule has 1 atom stereocenters. The van der Waals surface area contributed by atoms with Gasteiger partial charge in [0.15, 0.2) is 0 Å². The summed E-state index contributed by atoms with van der Waals surface area (Å²) < 4.78 is 27.9. The van der Waals surface area contributed by atoms with Crippen molar-refractivity contribution in [1.29, 1.82) is 0 Å². The van der Waals surface area contributed by atoms with Crippen LogP contribution >= 0.6 is 10.8 Å². The molecule has 0 spiro atoms. The van der Waals surface area contributed by atoms with Crippen LogP contribution < -0.4 is 10.1 Å². The Balaban J connectivity index is 1.19. The van der Waals surface area contributed by atoms with Gasteiger partial charge in [0, 0.05) is 19.0 Å². The van der Waals surface area contributed by atoms with Gasteiger partial charge in [-0.2, -0.15) is 0 Å². The maximum atomic E-state index is 12.4. The highest BCUT2D eigenvalue weighted by Gasteiger charge is 2.40. The second-order valence-corrected chi connectivity index (χ2v) is 9.24. The number of para-hydroxylation sites is 1. The molecule has 2 aromatic carbocycles. The summed E-state index contributed by atoms with van der Waals surface area (Å²) in [6.45, 7) is 2.78. The first kappa shape index (κ1) is 19.3. The van der Waals surface area contributed by atoms with Crippen molar-refractivity contribution in [2.75, 3.05) is 26.2 Å². The van der Waals surface area contributed by atoms with Crippen LogP contribution in [0.3, 0.4) is 0 Å². The van der Waals surface area contributed by atoms with E-state index in [2.05, 4.69) is 11.4 Å². The minimum absolute atomic E-state index is 0.290. The zero-order valence-corrected chi connectivity index (χ0v) is 16.5. The summed E-state index contributed by atoms with van der Waals surface area (Å²) in [5.74, 6) is 1.16. The van der Waals surface area contributed by atoms with Crippen molar-refractivity contribution in [2.24, 2.45) is 5.92 Å². The highest BCUT2D eigenvalue weighted by atomic mass is 32.3. The second kappa shape index (κ2) is 8.13. The lowest BCUT2D eigenvalue weighted by atomic mass is 9.97. The van der Waals surface area contributed by atoms with E-state index in [9.17, 15) is 13.9 Å². The van der Waals surface area contributed by atoms with Gasteiger partial charge in [-0.05, 0) is 49.6 Å². The van der Waals surface area contributed by atoms with E-state index in [-0.39, 0.29) is 5.91 Å². The number of amides is 1. The highest BCUT2D eigenvalue weighted by molar-refractivity contribution is 8.23. The van der Waals surface area contributed by atoms with Gasteiger partial charge >= 0.3 is 0 Å². The molecule has 150 valence electrons. The molecule has 2 heterocycles. The fraction of sp³-hybridized carbons (Fsp3) is 0.381. The standard InChI is InChI=1S/C21H26N2O4S/c24-21-18-8-2-4-10-20(18)28(25,26)23(21)12-6-5-11-22-14-16-13-17-7-1-3-9-19(17)27-15-16/h1-4,7-10,16,22,25-26H,5-6,11-15H2. The van der Waals surface area contributed by atoms with Crippen molar-refractivity contribution in [3.8, 4) is 5.75 Å². The molecule has 2 aliphatic rings. The predicted octanol–water partition coefficient (Wildman–Crippen LogP) is 3.79. The quantitative estimate of drug-likeness (QED) is 0.614. The lowest BCUT2D eigenvalue weighted by Crippen LogP contribution is -2.32. The number of fused-ring (bicyclic) bond motifs is 2. The van der Waals surface area contributed by atoms with Gasteiger partial charge < -0.3 is 10.1 Å². The summed E-state index contributed by atoms with van der Waals surface area (Å²) in [5, 5.41) is 3.46. The zero-order valence-electron chi connectivity index (χ0n) is 15.7. The lowest BCUT2D eigenvalue weighted by Gasteiger charge is -2.36. The Morgan fingerprint density at radius 3 is 2.75 bits per heavy atom. The van der Waals surface area contributed by atoms with Gasteiger partial charge in [-0.15, -0.1) is 0 Å². The van der Waals surface area contributed by atoms with Crippen molar-refractivity contribution < 1.29 is 18.6 Å². The molecule has 1 unspecified atom stereocenters. The van der Waals surface area contributed by atoms with Crippen LogP contribution in [0.15, 0.2) is 53.4 Å². The fourth-order valence-electron chi connectivity index (χ4n) is 3.81. The summed E-state index contributed by atoms with van der Waals surface area (Å²) in [7, 11) is -3.19. The number of hydrogen-bond acceptors (Lipinski definition) is 5. The first-order valence-electron chi connectivity index (χ1n) is 9.68. The molecule has 0 aromatic heterocycles. The minimum atomic E-state index is -3.19. The summed E-state index contributed by atoms with van der Waals surface area (Å²) in [4.78, 5) is 12.8. The van der Waals surface area contributed by atoms with Crippen molar-refractivity contribution in [1.82, 2.24) is 9.62 Å². The van der Waals surface area contributed by atoms with E-state index in [1.54, 1.807) is 24.3 Å². The Labute approximate surface area is 167 Å². The number of benzene rings is 2. The van der Waals surface area contributed by atoms with E-state index in [4.69, 9.17) is 4.74 Å². The fourth-order valence-corrected chi connectivity index (χ4v) is 5.48. The average Bonchev–Trinajstić information content (AvgIpc) is 2.91. The van der Waals surface area contributed by atoms with Crippen LogP contribution in [0.25, 0.3) is 0 Å². The molecule has 6 nitrogen and oxygen atoms in total. The zero-order chi connectivity index (χ0) is 19.6. The molecule has 0 aliphatic carbocycles. The molecule has 0 saturated heterocycles. The predicted molar refractivity (Wildman–Crippen MR) is 110 cm³/mol. The number of unbranched alkanes of at least 4 members (excludes halogenated alkanes) is 1. The molecule has 0 bridgehead atoms. The van der Waals surface area contributed by atoms with E-state index in [0.29, 0.717) is 29.3 Å². The third-order valence-electron chi connectivity index (χ3n) is 5.30. The molecular formula is C21H26N2O4S. The maximum absolute atomic E-state index is 12.4. The van der Waals surface area contributed by atoms with Gasteiger partial charge in [0.2, 0.25) is 0 Å². The Bertz CT molecular complexity index is 858. The van der Waals surface area contributed by atoms with Gasteiger partial charge in [-0.1, -0.05) is 41.1 Å². The first-order valence-corrected chi connectivity index (χ1v) is 11.2. The molecule has 4 rings (SSSR count). The summed E-state index contributed by atoms with van der Waals surface area (Å²) >= 11 is 0. The molecule has 0 radical (unpaired) electrons. The number of nitrogens with one attached hydrogen (secondary N) is 1. The van der Waals surface area contributed by atoms with Gasteiger partial charge in [-0.3, -0.25) is 13.9 Å². The maximum Gasteiger partial charge on any atom is 0.274 e. The van der Waals surface area contributed by atoms with Crippen LogP contribution in [-0.2, 0) is 6.42 Å². The number of carbonyl (C=O) groups is 1. The number of ether oxygens (including phenoxy) is 1. The second-order valence-electron chi connectivity index (χ2n) is 7.32. The van der Waals surface area contributed by atoms with Crippen LogP contribution in [0.1, 0.15) is 28.8 Å². The Morgan fingerprint density at radius 1 is 1.11 bits per heavy atom. The SMILES string of the molecule is O=C1c2ccccc2S(O)(O)N1CCCCNCC1COc2ccccc2C1. The Kier molecular flexibility index (Phi) is 5.59. The van der Waals surface area contributed by atoms with Crippen LogP contribution in [0.4, 0.5) is 0 Å². The smallest absolute Gasteiger partial charge is 0.274 e. The highest BCUT2D eigenvalue weighted by Crippen LogP contribution is 2.58. The molecule has 0 fully saturated rings. The van der Waals surface area contributed by atoms with E-state index in [0.717, 1.165) is 38.3 Å². The monoisotopic (exact) mass is 402 g/mol. The normalized spacial score (nSPS) is 21.0. The van der Waals surface area contributed by atoms with Gasteiger partial charge in [0.25, 0.3) is 5.91 Å². The number of nitrogens with zero attached hydrogens (tertiary/aromatic N) is 1. The summed E-state index contributed by atoms with van der Waals surface area (Å²) in [6.07, 6.45) is 2.59. The largest absolute Gasteiger partial charge is 0.493 e. The van der Waals surface area contributed by atoms with Crippen LogP contribution in [-0.4, -0.2) is 45.6 Å².